The third-order valence-corrected chi connectivity index (χ3v) is 6.32. The molecule has 0 aliphatic carbocycles. The minimum Gasteiger partial charge on any atom is -0.382 e. The Morgan fingerprint density at radius 1 is 0.941 bits per heavy atom. The molecular formula is C27H31FN2O3S. The predicted molar refractivity (Wildman–Crippen MR) is 133 cm³/mol. The van der Waals surface area contributed by atoms with Crippen LogP contribution in [0.2, 0.25) is 0 Å². The summed E-state index contributed by atoms with van der Waals surface area (Å²) in [5.74, 6) is -0.839. The van der Waals surface area contributed by atoms with Crippen LogP contribution in [-0.4, -0.2) is 47.9 Å². The molecule has 5 nitrogen and oxygen atoms in total. The molecule has 7 heteroatoms. The summed E-state index contributed by atoms with van der Waals surface area (Å²) in [5.41, 5.74) is 1.38. The van der Waals surface area contributed by atoms with Gasteiger partial charge in [-0.3, -0.25) is 9.59 Å². The first-order valence-corrected chi connectivity index (χ1v) is 12.3. The maximum Gasteiger partial charge on any atom is 0.254 e. The zero-order chi connectivity index (χ0) is 24.3. The summed E-state index contributed by atoms with van der Waals surface area (Å²) in [7, 11) is 0. The molecule has 3 aromatic rings. The molecule has 0 fully saturated rings. The first-order chi connectivity index (χ1) is 16.5. The van der Waals surface area contributed by atoms with Crippen molar-refractivity contribution >= 4 is 23.2 Å². The number of benzene rings is 2. The lowest BCUT2D eigenvalue weighted by Gasteiger charge is -2.28. The van der Waals surface area contributed by atoms with Crippen molar-refractivity contribution in [1.29, 1.82) is 0 Å². The number of amides is 2. The number of aryl methyl sites for hydroxylation is 1. The number of ether oxygens (including phenoxy) is 1. The van der Waals surface area contributed by atoms with Gasteiger partial charge in [-0.2, -0.15) is 0 Å². The van der Waals surface area contributed by atoms with Gasteiger partial charge in [0.05, 0.1) is 6.54 Å². The molecule has 0 atom stereocenters. The number of hydrogen-bond donors (Lipinski definition) is 0. The van der Waals surface area contributed by atoms with E-state index in [0.717, 1.165) is 10.4 Å². The topological polar surface area (TPSA) is 49.9 Å². The van der Waals surface area contributed by atoms with Crippen LogP contribution in [0.25, 0.3) is 0 Å². The average molecular weight is 483 g/mol. The Balaban J connectivity index is 1.78. The van der Waals surface area contributed by atoms with Crippen molar-refractivity contribution < 1.29 is 18.7 Å². The summed E-state index contributed by atoms with van der Waals surface area (Å²) in [6, 6.07) is 19.3. The van der Waals surface area contributed by atoms with Gasteiger partial charge in [0.1, 0.15) is 12.4 Å². The van der Waals surface area contributed by atoms with Crippen molar-refractivity contribution in [2.24, 2.45) is 0 Å². The Bertz CT molecular complexity index is 1050. The molecule has 2 aromatic carbocycles. The van der Waals surface area contributed by atoms with Crippen LogP contribution in [0.5, 0.6) is 0 Å². The van der Waals surface area contributed by atoms with E-state index >= 15 is 0 Å². The van der Waals surface area contributed by atoms with Crippen LogP contribution in [0, 0.1) is 12.7 Å². The number of rotatable bonds is 12. The number of carbonyl (C=O) groups excluding carboxylic acids is 2. The molecule has 0 spiro atoms. The fraction of sp³-hybridized carbons (Fsp3) is 0.333. The van der Waals surface area contributed by atoms with Crippen molar-refractivity contribution in [1.82, 2.24) is 9.80 Å². The molecule has 1 aromatic heterocycles. The molecule has 0 radical (unpaired) electrons. The van der Waals surface area contributed by atoms with Crippen molar-refractivity contribution in [3.63, 3.8) is 0 Å². The Morgan fingerprint density at radius 2 is 1.68 bits per heavy atom. The highest BCUT2D eigenvalue weighted by Gasteiger charge is 2.23. The van der Waals surface area contributed by atoms with Crippen LogP contribution in [0.4, 0.5) is 4.39 Å². The molecule has 0 N–H and O–H groups in total. The van der Waals surface area contributed by atoms with Gasteiger partial charge in [-0.15, -0.1) is 11.3 Å². The van der Waals surface area contributed by atoms with Crippen molar-refractivity contribution in [3.05, 3.63) is 93.4 Å². The van der Waals surface area contributed by atoms with Crippen molar-refractivity contribution in [2.45, 2.75) is 33.4 Å². The Morgan fingerprint density at radius 3 is 2.32 bits per heavy atom. The fourth-order valence-corrected chi connectivity index (χ4v) is 4.49. The smallest absolute Gasteiger partial charge is 0.254 e. The van der Waals surface area contributed by atoms with Crippen LogP contribution in [0.3, 0.4) is 0 Å². The highest BCUT2D eigenvalue weighted by molar-refractivity contribution is 7.11. The molecule has 34 heavy (non-hydrogen) atoms. The van der Waals surface area contributed by atoms with Crippen LogP contribution < -0.4 is 0 Å². The number of nitrogens with zero attached hydrogens (tertiary/aromatic N) is 2. The zero-order valence-electron chi connectivity index (χ0n) is 19.7. The lowest BCUT2D eigenvalue weighted by Crippen LogP contribution is -2.43. The summed E-state index contributed by atoms with van der Waals surface area (Å²) >= 11 is 1.66. The molecular weight excluding hydrogens is 451 g/mol. The lowest BCUT2D eigenvalue weighted by atomic mass is 10.1. The van der Waals surface area contributed by atoms with Crippen molar-refractivity contribution in [2.75, 3.05) is 26.3 Å². The minimum atomic E-state index is -0.407. The molecule has 0 unspecified atom stereocenters. The SMILES string of the molecule is CCOCCCN(CC(=O)N(Cc1ccccc1)Cc1ccc(C)s1)C(=O)c1ccc(F)cc1. The Labute approximate surface area is 204 Å². The summed E-state index contributed by atoms with van der Waals surface area (Å²) < 4.78 is 18.8. The standard InChI is InChI=1S/C27H31FN2O3S/c1-3-33-17-7-16-29(27(32)23-11-13-24(28)14-12-23)20-26(31)30(18-22-8-5-4-6-9-22)19-25-15-10-21(2)34-25/h4-6,8-15H,3,7,16-20H2,1-2H3. The van der Waals surface area contributed by atoms with Gasteiger partial charge < -0.3 is 14.5 Å². The molecule has 3 rings (SSSR count). The first kappa shape index (κ1) is 25.6. The van der Waals surface area contributed by atoms with E-state index in [2.05, 4.69) is 0 Å². The highest BCUT2D eigenvalue weighted by Crippen LogP contribution is 2.19. The Kier molecular flexibility index (Phi) is 9.79. The summed E-state index contributed by atoms with van der Waals surface area (Å²) in [6.07, 6.45) is 0.608. The Hall–Kier alpha value is -3.03. The second-order valence-corrected chi connectivity index (χ2v) is 9.40. The third-order valence-electron chi connectivity index (χ3n) is 5.34. The second kappa shape index (κ2) is 13.0. The maximum absolute atomic E-state index is 13.5. The normalized spacial score (nSPS) is 10.8. The number of halogens is 1. The molecule has 0 aliphatic rings. The minimum absolute atomic E-state index is 0.0560. The largest absolute Gasteiger partial charge is 0.382 e. The van der Waals surface area contributed by atoms with E-state index in [9.17, 15) is 14.0 Å². The van der Waals surface area contributed by atoms with Gasteiger partial charge in [0, 0.05) is 41.6 Å². The van der Waals surface area contributed by atoms with Crippen molar-refractivity contribution in [3.8, 4) is 0 Å². The third kappa shape index (κ3) is 7.78. The lowest BCUT2D eigenvalue weighted by molar-refractivity contribution is -0.133. The van der Waals surface area contributed by atoms with Crippen LogP contribution >= 0.6 is 11.3 Å². The van der Waals surface area contributed by atoms with Gasteiger partial charge in [0.25, 0.3) is 5.91 Å². The van der Waals surface area contributed by atoms with E-state index in [1.165, 1.54) is 34.0 Å². The molecule has 2 amide bonds. The monoisotopic (exact) mass is 482 g/mol. The van der Waals surface area contributed by atoms with E-state index in [4.69, 9.17) is 4.74 Å². The van der Waals surface area contributed by atoms with Crippen LogP contribution in [0.1, 0.15) is 39.0 Å². The summed E-state index contributed by atoms with van der Waals surface area (Å²) in [4.78, 5) is 32.3. The first-order valence-electron chi connectivity index (χ1n) is 11.5. The average Bonchev–Trinajstić information content (AvgIpc) is 3.25. The summed E-state index contributed by atoms with van der Waals surface area (Å²) in [6.45, 7) is 6.30. The van der Waals surface area contributed by atoms with E-state index in [1.54, 1.807) is 16.2 Å². The quantitative estimate of drug-likeness (QED) is 0.330. The van der Waals surface area contributed by atoms with Gasteiger partial charge in [-0.1, -0.05) is 30.3 Å². The van der Waals surface area contributed by atoms with E-state index in [-0.39, 0.29) is 18.4 Å². The molecule has 0 saturated carbocycles. The number of thiophene rings is 1. The van der Waals surface area contributed by atoms with Gasteiger partial charge in [-0.25, -0.2) is 4.39 Å². The second-order valence-electron chi connectivity index (χ2n) is 8.03. The zero-order valence-corrected chi connectivity index (χ0v) is 20.5. The van der Waals surface area contributed by atoms with E-state index in [0.29, 0.717) is 44.8 Å². The molecule has 180 valence electrons. The molecule has 0 saturated heterocycles. The van der Waals surface area contributed by atoms with Gasteiger partial charge in [0.15, 0.2) is 0 Å². The number of hydrogen-bond acceptors (Lipinski definition) is 4. The maximum atomic E-state index is 13.5. The van der Waals surface area contributed by atoms with Crippen LogP contribution in [-0.2, 0) is 22.6 Å². The van der Waals surface area contributed by atoms with Gasteiger partial charge in [-0.05, 0) is 62.2 Å². The van der Waals surface area contributed by atoms with Crippen LogP contribution in [0.15, 0.2) is 66.7 Å². The van der Waals surface area contributed by atoms with Gasteiger partial charge in [0.2, 0.25) is 5.91 Å². The molecule has 0 aliphatic heterocycles. The van der Waals surface area contributed by atoms with E-state index < -0.39 is 5.82 Å². The summed E-state index contributed by atoms with van der Waals surface area (Å²) in [5, 5.41) is 0. The fourth-order valence-electron chi connectivity index (χ4n) is 3.59. The van der Waals surface area contributed by atoms with Gasteiger partial charge >= 0.3 is 0 Å². The molecule has 1 heterocycles. The molecule has 0 bridgehead atoms. The van der Waals surface area contributed by atoms with E-state index in [1.807, 2.05) is 56.3 Å². The highest BCUT2D eigenvalue weighted by atomic mass is 32.1. The number of carbonyl (C=O) groups is 2. The predicted octanol–water partition coefficient (Wildman–Crippen LogP) is 5.29.